The van der Waals surface area contributed by atoms with Crippen molar-refractivity contribution in [3.8, 4) is 22.9 Å². The molecule has 1 atom stereocenters. The van der Waals surface area contributed by atoms with E-state index in [2.05, 4.69) is 27.1 Å². The Bertz CT molecular complexity index is 1090. The highest BCUT2D eigenvalue weighted by molar-refractivity contribution is 7.99. The molecule has 0 aliphatic carbocycles. The van der Waals surface area contributed by atoms with E-state index < -0.39 is 18.8 Å². The number of nitrogens with zero attached hydrogens (tertiary/aromatic N) is 3. The standard InChI is InChI=1S/C21H18N4O4S/c1-2-11-30-21-23-20-18(24-25-21)13-7-3-5-9-15(13)22-19(29-20)14-8-4-6-10-16(14)28-12-17(26)27/h2-10,19,22H,1,11-12H2,(H,26,27). The van der Waals surface area contributed by atoms with Crippen LogP contribution in [0, 0.1) is 0 Å². The number of rotatable bonds is 7. The number of hydrogen-bond donors (Lipinski definition) is 2. The van der Waals surface area contributed by atoms with Crippen molar-refractivity contribution in [1.82, 2.24) is 15.2 Å². The van der Waals surface area contributed by atoms with Crippen LogP contribution in [-0.4, -0.2) is 38.6 Å². The molecule has 0 bridgehead atoms. The number of nitrogens with one attached hydrogen (secondary N) is 1. The zero-order chi connectivity index (χ0) is 20.9. The minimum atomic E-state index is -1.06. The molecule has 1 unspecified atom stereocenters. The Morgan fingerprint density at radius 2 is 2.03 bits per heavy atom. The van der Waals surface area contributed by atoms with E-state index in [-0.39, 0.29) is 0 Å². The zero-order valence-corrected chi connectivity index (χ0v) is 16.6. The number of para-hydroxylation sites is 2. The summed E-state index contributed by atoms with van der Waals surface area (Å²) in [6.45, 7) is 3.25. The van der Waals surface area contributed by atoms with Crippen LogP contribution < -0.4 is 14.8 Å². The number of carbonyl (C=O) groups is 1. The van der Waals surface area contributed by atoms with Gasteiger partial charge in [0.2, 0.25) is 17.3 Å². The van der Waals surface area contributed by atoms with Crippen molar-refractivity contribution in [2.45, 2.75) is 11.4 Å². The number of thioether (sulfide) groups is 1. The molecule has 0 saturated heterocycles. The van der Waals surface area contributed by atoms with E-state index in [0.29, 0.717) is 33.8 Å². The molecule has 2 aromatic carbocycles. The van der Waals surface area contributed by atoms with Gasteiger partial charge in [-0.15, -0.1) is 16.8 Å². The molecule has 1 aliphatic rings. The maximum atomic E-state index is 11.0. The van der Waals surface area contributed by atoms with Crippen LogP contribution in [0.3, 0.4) is 0 Å². The van der Waals surface area contributed by atoms with Crippen LogP contribution in [0.2, 0.25) is 0 Å². The first-order valence-electron chi connectivity index (χ1n) is 9.10. The summed E-state index contributed by atoms with van der Waals surface area (Å²) in [5, 5.41) is 21.3. The molecule has 1 aromatic heterocycles. The fourth-order valence-corrected chi connectivity index (χ4v) is 3.46. The highest BCUT2D eigenvalue weighted by atomic mass is 32.2. The lowest BCUT2D eigenvalue weighted by Gasteiger charge is -2.21. The van der Waals surface area contributed by atoms with Crippen LogP contribution >= 0.6 is 11.8 Å². The molecule has 3 aromatic rings. The molecule has 8 nitrogen and oxygen atoms in total. The summed E-state index contributed by atoms with van der Waals surface area (Å²) < 4.78 is 11.7. The van der Waals surface area contributed by atoms with E-state index >= 15 is 0 Å². The minimum Gasteiger partial charge on any atom is -0.481 e. The summed E-state index contributed by atoms with van der Waals surface area (Å²) in [5.41, 5.74) is 2.75. The molecule has 0 fully saturated rings. The molecular weight excluding hydrogens is 404 g/mol. The minimum absolute atomic E-state index is 0.326. The molecule has 1 aliphatic heterocycles. The highest BCUT2D eigenvalue weighted by Gasteiger charge is 2.27. The molecule has 0 radical (unpaired) electrons. The smallest absolute Gasteiger partial charge is 0.341 e. The Labute approximate surface area is 177 Å². The number of anilines is 1. The van der Waals surface area contributed by atoms with Crippen LogP contribution in [0.1, 0.15) is 11.8 Å². The predicted molar refractivity (Wildman–Crippen MR) is 113 cm³/mol. The average molecular weight is 422 g/mol. The van der Waals surface area contributed by atoms with Gasteiger partial charge in [0.25, 0.3) is 0 Å². The molecule has 9 heteroatoms. The van der Waals surface area contributed by atoms with Gasteiger partial charge in [-0.2, -0.15) is 4.98 Å². The van der Waals surface area contributed by atoms with Gasteiger partial charge < -0.3 is 19.9 Å². The molecular formula is C21H18N4O4S. The van der Waals surface area contributed by atoms with Crippen molar-refractivity contribution in [1.29, 1.82) is 0 Å². The van der Waals surface area contributed by atoms with Gasteiger partial charge >= 0.3 is 5.97 Å². The van der Waals surface area contributed by atoms with Gasteiger partial charge in [-0.05, 0) is 18.2 Å². The van der Waals surface area contributed by atoms with Crippen LogP contribution in [0.4, 0.5) is 5.69 Å². The number of hydrogen-bond acceptors (Lipinski definition) is 8. The number of aromatic nitrogens is 3. The maximum absolute atomic E-state index is 11.0. The van der Waals surface area contributed by atoms with E-state index in [1.54, 1.807) is 18.2 Å². The first-order valence-corrected chi connectivity index (χ1v) is 10.1. The van der Waals surface area contributed by atoms with Gasteiger partial charge in [0.1, 0.15) is 5.75 Å². The van der Waals surface area contributed by atoms with Crippen molar-refractivity contribution in [3.63, 3.8) is 0 Å². The third kappa shape index (κ3) is 4.20. The fourth-order valence-electron chi connectivity index (χ4n) is 2.95. The summed E-state index contributed by atoms with van der Waals surface area (Å²) in [6, 6.07) is 14.7. The summed E-state index contributed by atoms with van der Waals surface area (Å²) >= 11 is 1.40. The van der Waals surface area contributed by atoms with Gasteiger partial charge in [-0.1, -0.05) is 48.2 Å². The van der Waals surface area contributed by atoms with Crippen molar-refractivity contribution in [2.24, 2.45) is 0 Å². The zero-order valence-electron chi connectivity index (χ0n) is 15.8. The number of carboxylic acid groups (broad SMARTS) is 1. The quantitative estimate of drug-likeness (QED) is 0.434. The fraction of sp³-hybridized carbons (Fsp3) is 0.143. The van der Waals surface area contributed by atoms with Crippen LogP contribution in [0.25, 0.3) is 11.3 Å². The van der Waals surface area contributed by atoms with Crippen LogP contribution in [-0.2, 0) is 4.79 Å². The van der Waals surface area contributed by atoms with Crippen molar-refractivity contribution >= 4 is 23.4 Å². The number of aliphatic carboxylic acids is 1. The number of carboxylic acids is 1. The lowest BCUT2D eigenvalue weighted by molar-refractivity contribution is -0.139. The second-order valence-corrected chi connectivity index (χ2v) is 7.24. The lowest BCUT2D eigenvalue weighted by atomic mass is 10.1. The van der Waals surface area contributed by atoms with Gasteiger partial charge in [0.15, 0.2) is 12.3 Å². The number of fused-ring (bicyclic) bond motifs is 3. The predicted octanol–water partition coefficient (Wildman–Crippen LogP) is 3.78. The summed E-state index contributed by atoms with van der Waals surface area (Å²) in [5.74, 6) is 0.314. The Morgan fingerprint density at radius 3 is 2.87 bits per heavy atom. The molecule has 4 rings (SSSR count). The highest BCUT2D eigenvalue weighted by Crippen LogP contribution is 2.40. The SMILES string of the molecule is C=CCSc1nnc2c(n1)OC(c1ccccc1OCC(=O)O)Nc1ccccc1-2. The average Bonchev–Trinajstić information content (AvgIpc) is 2.92. The molecule has 152 valence electrons. The monoisotopic (exact) mass is 422 g/mol. The third-order valence-corrected chi connectivity index (χ3v) is 5.05. The maximum Gasteiger partial charge on any atom is 0.341 e. The molecule has 2 heterocycles. The van der Waals surface area contributed by atoms with E-state index in [4.69, 9.17) is 14.6 Å². The first-order chi connectivity index (χ1) is 14.7. The summed E-state index contributed by atoms with van der Waals surface area (Å²) in [7, 11) is 0. The van der Waals surface area contributed by atoms with Crippen LogP contribution in [0.15, 0.2) is 66.3 Å². The van der Waals surface area contributed by atoms with E-state index in [0.717, 1.165) is 11.3 Å². The normalized spacial score (nSPS) is 14.3. The van der Waals surface area contributed by atoms with Crippen molar-refractivity contribution < 1.29 is 19.4 Å². The molecule has 30 heavy (non-hydrogen) atoms. The van der Waals surface area contributed by atoms with Gasteiger partial charge in [-0.25, -0.2) is 4.79 Å². The van der Waals surface area contributed by atoms with E-state index in [9.17, 15) is 4.79 Å². The first kappa shape index (κ1) is 19.7. The van der Waals surface area contributed by atoms with Gasteiger partial charge in [0.05, 0.1) is 5.56 Å². The van der Waals surface area contributed by atoms with Crippen molar-refractivity contribution in [2.75, 3.05) is 17.7 Å². The Balaban J connectivity index is 1.76. The number of benzene rings is 2. The van der Waals surface area contributed by atoms with E-state index in [1.807, 2.05) is 36.4 Å². The second-order valence-electron chi connectivity index (χ2n) is 6.26. The Morgan fingerprint density at radius 1 is 1.23 bits per heavy atom. The Kier molecular flexibility index (Phi) is 5.80. The van der Waals surface area contributed by atoms with Crippen LogP contribution in [0.5, 0.6) is 11.6 Å². The number of ether oxygens (including phenoxy) is 2. The van der Waals surface area contributed by atoms with Gasteiger partial charge in [0, 0.05) is 17.0 Å². The van der Waals surface area contributed by atoms with Gasteiger partial charge in [-0.3, -0.25) is 0 Å². The summed E-state index contributed by atoms with van der Waals surface area (Å²) in [6.07, 6.45) is 1.09. The van der Waals surface area contributed by atoms with Crippen molar-refractivity contribution in [3.05, 3.63) is 66.7 Å². The summed E-state index contributed by atoms with van der Waals surface area (Å²) in [4.78, 5) is 15.5. The molecule has 2 N–H and O–H groups in total. The third-order valence-electron chi connectivity index (χ3n) is 4.22. The second kappa shape index (κ2) is 8.83. The lowest BCUT2D eigenvalue weighted by Crippen LogP contribution is -2.19. The topological polar surface area (TPSA) is 106 Å². The molecule has 0 spiro atoms. The largest absolute Gasteiger partial charge is 0.481 e. The Hall–Kier alpha value is -3.59. The van der Waals surface area contributed by atoms with E-state index in [1.165, 1.54) is 11.8 Å². The molecule has 0 saturated carbocycles. The molecule has 0 amide bonds.